The molecule has 0 bridgehead atoms. The largest absolute Gasteiger partial charge is 0.309 e. The third kappa shape index (κ3) is 5.48. The van der Waals surface area contributed by atoms with Gasteiger partial charge in [-0.2, -0.15) is 0 Å². The highest BCUT2D eigenvalue weighted by atomic mass is 32.1. The van der Waals surface area contributed by atoms with Crippen LogP contribution in [0.2, 0.25) is 0 Å². The van der Waals surface area contributed by atoms with E-state index in [1.165, 1.54) is 42.1 Å². The Hall–Kier alpha value is -7.21. The molecule has 0 radical (unpaired) electrons. The van der Waals surface area contributed by atoms with Gasteiger partial charge in [-0.1, -0.05) is 158 Å². The number of aromatic nitrogens is 4. The molecule has 3 aromatic heterocycles. The van der Waals surface area contributed by atoms with E-state index < -0.39 is 0 Å². The van der Waals surface area contributed by atoms with Crippen LogP contribution in [-0.4, -0.2) is 19.5 Å². The van der Waals surface area contributed by atoms with Gasteiger partial charge in [0.15, 0.2) is 17.5 Å². The fourth-order valence-electron chi connectivity index (χ4n) is 7.98. The van der Waals surface area contributed by atoms with Crippen LogP contribution in [0.25, 0.3) is 104 Å². The van der Waals surface area contributed by atoms with E-state index in [-0.39, 0.29) is 0 Å². The fourth-order valence-corrected chi connectivity index (χ4v) is 9.11. The minimum atomic E-state index is 0.633. The highest BCUT2D eigenvalue weighted by Crippen LogP contribution is 2.40. The minimum Gasteiger partial charge on any atom is -0.309 e. The second-order valence-electron chi connectivity index (χ2n) is 14.0. The molecule has 11 aromatic rings. The Bertz CT molecular complexity index is 3220. The summed E-state index contributed by atoms with van der Waals surface area (Å²) in [5, 5.41) is 4.78. The second-order valence-corrected chi connectivity index (χ2v) is 15.1. The van der Waals surface area contributed by atoms with Crippen molar-refractivity contribution in [1.82, 2.24) is 19.5 Å². The van der Waals surface area contributed by atoms with Crippen LogP contribution in [0.15, 0.2) is 194 Å². The summed E-state index contributed by atoms with van der Waals surface area (Å²) in [6.45, 7) is 0. The molecule has 8 aromatic carbocycles. The summed E-state index contributed by atoms with van der Waals surface area (Å²) in [5.41, 5.74) is 10.9. The number of para-hydroxylation sites is 2. The molecule has 11 rings (SSSR count). The molecule has 0 atom stereocenters. The quantitative estimate of drug-likeness (QED) is 0.171. The molecule has 0 aliphatic carbocycles. The van der Waals surface area contributed by atoms with Gasteiger partial charge in [0.05, 0.1) is 11.0 Å². The first-order valence-corrected chi connectivity index (χ1v) is 19.6. The van der Waals surface area contributed by atoms with Gasteiger partial charge < -0.3 is 4.57 Å². The number of fused-ring (bicyclic) bond motifs is 6. The van der Waals surface area contributed by atoms with E-state index in [1.807, 2.05) is 6.07 Å². The molecule has 0 fully saturated rings. The molecule has 5 heteroatoms. The van der Waals surface area contributed by atoms with E-state index in [1.54, 1.807) is 11.3 Å². The maximum Gasteiger partial charge on any atom is 0.164 e. The molecule has 0 saturated heterocycles. The SMILES string of the molecule is c1ccc(-c2ccc(-c3ccc(-c4nc(-c5ccc6c7ccccc7n(-c7ccccc7)c6c5)nc(-c5cccc6sc7ccccc7c56)n4)cc3)cc2)cc1. The average molecular weight is 733 g/mol. The predicted octanol–water partition coefficient (Wildman–Crippen LogP) is 13.7. The molecule has 3 heterocycles. The molecular weight excluding hydrogens is 701 g/mol. The van der Waals surface area contributed by atoms with Crippen LogP contribution in [0.5, 0.6) is 0 Å². The van der Waals surface area contributed by atoms with Gasteiger partial charge in [-0.05, 0) is 58.7 Å². The molecule has 0 spiro atoms. The van der Waals surface area contributed by atoms with Gasteiger partial charge in [-0.15, -0.1) is 11.3 Å². The Morgan fingerprint density at radius 3 is 1.59 bits per heavy atom. The summed E-state index contributed by atoms with van der Waals surface area (Å²) in [7, 11) is 0. The van der Waals surface area contributed by atoms with Gasteiger partial charge in [0.1, 0.15) is 0 Å². The number of hydrogen-bond acceptors (Lipinski definition) is 4. The Morgan fingerprint density at radius 1 is 0.339 bits per heavy atom. The molecule has 0 N–H and O–H groups in total. The van der Waals surface area contributed by atoms with Crippen molar-refractivity contribution < 1.29 is 0 Å². The predicted molar refractivity (Wildman–Crippen MR) is 234 cm³/mol. The number of hydrogen-bond donors (Lipinski definition) is 0. The Labute approximate surface area is 327 Å². The van der Waals surface area contributed by atoms with Gasteiger partial charge in [0, 0.05) is 53.3 Å². The van der Waals surface area contributed by atoms with Gasteiger partial charge in [0.25, 0.3) is 0 Å². The van der Waals surface area contributed by atoms with Crippen molar-refractivity contribution in [2.24, 2.45) is 0 Å². The average Bonchev–Trinajstić information content (AvgIpc) is 3.83. The van der Waals surface area contributed by atoms with E-state index in [9.17, 15) is 0 Å². The van der Waals surface area contributed by atoms with Crippen molar-refractivity contribution in [3.8, 4) is 62.1 Å². The maximum absolute atomic E-state index is 5.27. The first-order chi connectivity index (χ1) is 27.7. The number of nitrogens with zero attached hydrogens (tertiary/aromatic N) is 4. The molecule has 0 amide bonds. The topological polar surface area (TPSA) is 43.6 Å². The summed E-state index contributed by atoms with van der Waals surface area (Å²) in [6, 6.07) is 68.6. The lowest BCUT2D eigenvalue weighted by Crippen LogP contribution is -2.01. The minimum absolute atomic E-state index is 0.633. The van der Waals surface area contributed by atoms with Gasteiger partial charge >= 0.3 is 0 Å². The van der Waals surface area contributed by atoms with Crippen LogP contribution < -0.4 is 0 Å². The molecule has 4 nitrogen and oxygen atoms in total. The normalized spacial score (nSPS) is 11.6. The van der Waals surface area contributed by atoms with Crippen molar-refractivity contribution in [2.75, 3.05) is 0 Å². The van der Waals surface area contributed by atoms with Crippen LogP contribution in [0, 0.1) is 0 Å². The van der Waals surface area contributed by atoms with E-state index >= 15 is 0 Å². The molecule has 56 heavy (non-hydrogen) atoms. The van der Waals surface area contributed by atoms with Crippen LogP contribution >= 0.6 is 11.3 Å². The van der Waals surface area contributed by atoms with Crippen LogP contribution in [0.4, 0.5) is 0 Å². The van der Waals surface area contributed by atoms with E-state index in [4.69, 9.17) is 15.0 Å². The van der Waals surface area contributed by atoms with E-state index in [0.717, 1.165) is 44.5 Å². The molecule has 262 valence electrons. The lowest BCUT2D eigenvalue weighted by molar-refractivity contribution is 1.08. The monoisotopic (exact) mass is 732 g/mol. The molecule has 0 aliphatic heterocycles. The van der Waals surface area contributed by atoms with Gasteiger partial charge in [-0.3, -0.25) is 0 Å². The maximum atomic E-state index is 5.27. The Balaban J connectivity index is 1.07. The van der Waals surface area contributed by atoms with Crippen molar-refractivity contribution in [3.63, 3.8) is 0 Å². The van der Waals surface area contributed by atoms with Crippen molar-refractivity contribution in [1.29, 1.82) is 0 Å². The standard InChI is InChI=1S/C51H32N4S/c1-3-12-33(13-4-1)34-22-24-35(25-23-34)36-26-28-37(29-27-36)49-52-50(54-51(53-49)43-18-11-21-47-48(43)42-17-8-10-20-46(42)56-47)38-30-31-41-40-16-7-9-19-44(40)55(45(41)32-38)39-14-5-2-6-15-39/h1-32H. The zero-order chi connectivity index (χ0) is 37.0. The highest BCUT2D eigenvalue weighted by molar-refractivity contribution is 7.25. The summed E-state index contributed by atoms with van der Waals surface area (Å²) >= 11 is 1.80. The zero-order valence-corrected chi connectivity index (χ0v) is 31.0. The fraction of sp³-hybridized carbons (Fsp3) is 0. The van der Waals surface area contributed by atoms with Crippen molar-refractivity contribution in [3.05, 3.63) is 194 Å². The lowest BCUT2D eigenvalue weighted by atomic mass is 9.99. The van der Waals surface area contributed by atoms with E-state index in [2.05, 4.69) is 193 Å². The highest BCUT2D eigenvalue weighted by Gasteiger charge is 2.19. The lowest BCUT2D eigenvalue weighted by Gasteiger charge is -2.11. The third-order valence-corrected chi connectivity index (χ3v) is 11.8. The zero-order valence-electron chi connectivity index (χ0n) is 30.2. The van der Waals surface area contributed by atoms with Crippen LogP contribution in [0.1, 0.15) is 0 Å². The molecule has 0 saturated carbocycles. The molecule has 0 aliphatic rings. The second kappa shape index (κ2) is 13.3. The Kier molecular flexibility index (Phi) is 7.64. The van der Waals surface area contributed by atoms with E-state index in [0.29, 0.717) is 17.5 Å². The number of thiophene rings is 1. The van der Waals surface area contributed by atoms with Crippen molar-refractivity contribution >= 4 is 53.3 Å². The number of rotatable bonds is 6. The molecular formula is C51H32N4S. The first-order valence-electron chi connectivity index (χ1n) is 18.8. The summed E-state index contributed by atoms with van der Waals surface area (Å²) < 4.78 is 4.79. The number of benzene rings is 8. The van der Waals surface area contributed by atoms with Crippen molar-refractivity contribution in [2.45, 2.75) is 0 Å². The molecule has 0 unspecified atom stereocenters. The van der Waals surface area contributed by atoms with Gasteiger partial charge in [0.2, 0.25) is 0 Å². The first kappa shape index (κ1) is 32.2. The smallest absolute Gasteiger partial charge is 0.164 e. The third-order valence-electron chi connectivity index (χ3n) is 10.7. The summed E-state index contributed by atoms with van der Waals surface area (Å²) in [5.74, 6) is 1.92. The van der Waals surface area contributed by atoms with Crippen LogP contribution in [0.3, 0.4) is 0 Å². The van der Waals surface area contributed by atoms with Gasteiger partial charge in [-0.25, -0.2) is 15.0 Å². The van der Waals surface area contributed by atoms with Crippen LogP contribution in [-0.2, 0) is 0 Å². The Morgan fingerprint density at radius 2 is 0.857 bits per heavy atom. The summed E-state index contributed by atoms with van der Waals surface area (Å²) in [4.78, 5) is 15.7. The summed E-state index contributed by atoms with van der Waals surface area (Å²) in [6.07, 6.45) is 0.